The zero-order valence-corrected chi connectivity index (χ0v) is 15.1. The molecule has 2 aromatic heterocycles. The zero-order chi connectivity index (χ0) is 21.6. The van der Waals surface area contributed by atoms with Gasteiger partial charge in [0.05, 0.1) is 12.1 Å². The van der Waals surface area contributed by atoms with Gasteiger partial charge < -0.3 is 8.83 Å². The van der Waals surface area contributed by atoms with Gasteiger partial charge in [-0.3, -0.25) is 29.8 Å². The minimum absolute atomic E-state index is 0.0780. The second-order valence-corrected chi connectivity index (χ2v) is 5.43. The molecule has 14 heteroatoms. The van der Waals surface area contributed by atoms with E-state index in [4.69, 9.17) is 8.83 Å². The Morgan fingerprint density at radius 2 is 1.24 bits per heavy atom. The summed E-state index contributed by atoms with van der Waals surface area (Å²) in [5.41, 5.74) is 4.51. The van der Waals surface area contributed by atoms with Crippen LogP contribution in [-0.4, -0.2) is 33.1 Å². The van der Waals surface area contributed by atoms with E-state index in [2.05, 4.69) is 21.1 Å². The minimum Gasteiger partial charge on any atom is -0.399 e. The summed E-state index contributed by atoms with van der Waals surface area (Å²) in [6.45, 7) is 2.89. The molecule has 0 saturated heterocycles. The lowest BCUT2D eigenvalue weighted by atomic mass is 10.3. The quantitative estimate of drug-likeness (QED) is 0.284. The second kappa shape index (κ2) is 9.03. The number of hydrogen-bond donors (Lipinski definition) is 2. The summed E-state index contributed by atoms with van der Waals surface area (Å²) in [7, 11) is 0. The number of nitrogens with one attached hydrogen (secondary N) is 2. The predicted molar refractivity (Wildman–Crippen MR) is 96.0 cm³/mol. The summed E-state index contributed by atoms with van der Waals surface area (Å²) in [6, 6.07) is 4.90. The van der Waals surface area contributed by atoms with Crippen LogP contribution in [0.4, 0.5) is 11.8 Å². The molecule has 2 heterocycles. The molecule has 0 radical (unpaired) electrons. The Kier molecular flexibility index (Phi) is 6.52. The highest BCUT2D eigenvalue weighted by atomic mass is 16.7. The largest absolute Gasteiger partial charge is 0.433 e. The Labute approximate surface area is 161 Å². The van der Waals surface area contributed by atoms with Gasteiger partial charge in [0.1, 0.15) is 27.7 Å². The lowest BCUT2D eigenvalue weighted by Crippen LogP contribution is -2.28. The third-order valence-corrected chi connectivity index (χ3v) is 3.27. The number of nitrogens with zero attached hydrogens (tertiary/aromatic N) is 4. The SMILES string of the molecule is C/C(=N\NC(=O)CC(=O)N/N=C(\C)c1ccc([N+](=O)[O-])o1)c1ccc([N+](=O)[O-])o1. The normalized spacial score (nSPS) is 11.8. The topological polar surface area (TPSA) is 195 Å². The van der Waals surface area contributed by atoms with Crippen molar-refractivity contribution in [1.29, 1.82) is 0 Å². The van der Waals surface area contributed by atoms with Crippen LogP contribution in [0.3, 0.4) is 0 Å². The van der Waals surface area contributed by atoms with Gasteiger partial charge in [-0.1, -0.05) is 0 Å². The van der Waals surface area contributed by atoms with Crippen molar-refractivity contribution in [3.63, 3.8) is 0 Å². The lowest BCUT2D eigenvalue weighted by molar-refractivity contribution is -0.402. The number of amides is 2. The van der Waals surface area contributed by atoms with Crippen LogP contribution in [0, 0.1) is 20.2 Å². The van der Waals surface area contributed by atoms with E-state index in [0.717, 1.165) is 12.1 Å². The number of furan rings is 2. The smallest absolute Gasteiger partial charge is 0.399 e. The van der Waals surface area contributed by atoms with Crippen molar-refractivity contribution in [2.45, 2.75) is 20.3 Å². The summed E-state index contributed by atoms with van der Waals surface area (Å²) in [4.78, 5) is 43.2. The molecule has 152 valence electrons. The number of rotatable bonds is 8. The fraction of sp³-hybridized carbons (Fsp3) is 0.200. The molecule has 0 spiro atoms. The van der Waals surface area contributed by atoms with E-state index in [1.54, 1.807) is 0 Å². The van der Waals surface area contributed by atoms with E-state index in [0.29, 0.717) is 0 Å². The second-order valence-electron chi connectivity index (χ2n) is 5.43. The van der Waals surface area contributed by atoms with Gasteiger partial charge in [-0.25, -0.2) is 10.9 Å². The van der Waals surface area contributed by atoms with Crippen molar-refractivity contribution < 1.29 is 28.3 Å². The Bertz CT molecular complexity index is 937. The standard InChI is InChI=1S/C15H14N6O8/c1-8(10-3-5-14(28-10)20(24)25)16-18-12(22)7-13(23)19-17-9(2)11-4-6-15(29-11)21(26)27/h3-6H,7H2,1-2H3,(H,18,22)(H,19,23)/b16-8+,17-9+. The summed E-state index contributed by atoms with van der Waals surface area (Å²) >= 11 is 0. The van der Waals surface area contributed by atoms with Crippen LogP contribution in [0.25, 0.3) is 0 Å². The Hall–Kier alpha value is -4.36. The molecule has 2 rings (SSSR count). The zero-order valence-electron chi connectivity index (χ0n) is 15.1. The molecule has 0 aromatic carbocycles. The van der Waals surface area contributed by atoms with Crippen LogP contribution in [0.5, 0.6) is 0 Å². The highest BCUT2D eigenvalue weighted by molar-refractivity contribution is 6.01. The summed E-state index contributed by atoms with van der Waals surface area (Å²) in [5, 5.41) is 28.5. The maximum absolute atomic E-state index is 11.7. The molecule has 0 fully saturated rings. The van der Waals surface area contributed by atoms with E-state index < -0.39 is 39.9 Å². The lowest BCUT2D eigenvalue weighted by Gasteiger charge is -2.01. The fourth-order valence-corrected chi connectivity index (χ4v) is 1.87. The number of nitro groups is 2. The van der Waals surface area contributed by atoms with Crippen LogP contribution >= 0.6 is 0 Å². The van der Waals surface area contributed by atoms with Crippen LogP contribution in [0.2, 0.25) is 0 Å². The third kappa shape index (κ3) is 5.81. The monoisotopic (exact) mass is 406 g/mol. The molecule has 2 N–H and O–H groups in total. The molecule has 2 aromatic rings. The van der Waals surface area contributed by atoms with Gasteiger partial charge in [-0.05, 0) is 26.0 Å². The van der Waals surface area contributed by atoms with E-state index in [9.17, 15) is 29.8 Å². The number of hydrazone groups is 2. The van der Waals surface area contributed by atoms with Gasteiger partial charge in [-0.2, -0.15) is 10.2 Å². The molecular formula is C15H14N6O8. The first-order valence-corrected chi connectivity index (χ1v) is 7.83. The van der Waals surface area contributed by atoms with Crippen LogP contribution < -0.4 is 10.9 Å². The van der Waals surface area contributed by atoms with E-state index >= 15 is 0 Å². The predicted octanol–water partition coefficient (Wildman–Crippen LogP) is 1.46. The number of hydrogen-bond acceptors (Lipinski definition) is 10. The average molecular weight is 406 g/mol. The first-order valence-electron chi connectivity index (χ1n) is 7.83. The molecule has 0 aliphatic heterocycles. The Morgan fingerprint density at radius 3 is 1.55 bits per heavy atom. The minimum atomic E-state index is -0.774. The molecule has 0 saturated carbocycles. The van der Waals surface area contributed by atoms with Crippen molar-refractivity contribution in [2.75, 3.05) is 0 Å². The van der Waals surface area contributed by atoms with Crippen LogP contribution in [0.15, 0.2) is 43.3 Å². The molecular weight excluding hydrogens is 392 g/mol. The van der Waals surface area contributed by atoms with Gasteiger partial charge >= 0.3 is 11.8 Å². The molecule has 14 nitrogen and oxygen atoms in total. The Morgan fingerprint density at radius 1 is 0.862 bits per heavy atom. The van der Waals surface area contributed by atoms with Gasteiger partial charge in [0.2, 0.25) is 11.8 Å². The summed E-state index contributed by atoms with van der Waals surface area (Å²) < 4.78 is 9.83. The summed E-state index contributed by atoms with van der Waals surface area (Å²) in [5.74, 6) is -2.34. The fourth-order valence-electron chi connectivity index (χ4n) is 1.87. The average Bonchev–Trinajstić information content (AvgIpc) is 3.33. The maximum Gasteiger partial charge on any atom is 0.433 e. The Balaban J connectivity index is 1.86. The molecule has 29 heavy (non-hydrogen) atoms. The van der Waals surface area contributed by atoms with Crippen molar-refractivity contribution in [3.05, 3.63) is 56.0 Å². The molecule has 0 atom stereocenters. The van der Waals surface area contributed by atoms with Crippen LogP contribution in [0.1, 0.15) is 31.8 Å². The summed E-state index contributed by atoms with van der Waals surface area (Å²) in [6.07, 6.45) is -0.621. The molecule has 0 aliphatic rings. The van der Waals surface area contributed by atoms with Gasteiger partial charge in [0.25, 0.3) is 0 Å². The maximum atomic E-state index is 11.7. The number of carbonyl (C=O) groups is 2. The van der Waals surface area contributed by atoms with E-state index in [-0.39, 0.29) is 22.9 Å². The molecule has 0 unspecified atom stereocenters. The van der Waals surface area contributed by atoms with Gasteiger partial charge in [0, 0.05) is 0 Å². The van der Waals surface area contributed by atoms with Gasteiger partial charge in [0.15, 0.2) is 11.5 Å². The molecule has 2 amide bonds. The van der Waals surface area contributed by atoms with Crippen molar-refractivity contribution in [2.24, 2.45) is 10.2 Å². The van der Waals surface area contributed by atoms with Crippen LogP contribution in [-0.2, 0) is 9.59 Å². The highest BCUT2D eigenvalue weighted by Gasteiger charge is 2.15. The van der Waals surface area contributed by atoms with Crippen molar-refractivity contribution >= 4 is 35.0 Å². The first-order chi connectivity index (χ1) is 13.7. The number of carbonyl (C=O) groups excluding carboxylic acids is 2. The van der Waals surface area contributed by atoms with E-state index in [1.165, 1.54) is 26.0 Å². The molecule has 0 aliphatic carbocycles. The third-order valence-electron chi connectivity index (χ3n) is 3.27. The van der Waals surface area contributed by atoms with Crippen molar-refractivity contribution in [3.8, 4) is 0 Å². The van der Waals surface area contributed by atoms with Gasteiger partial charge in [-0.15, -0.1) is 0 Å². The van der Waals surface area contributed by atoms with E-state index in [1.807, 2.05) is 0 Å². The highest BCUT2D eigenvalue weighted by Crippen LogP contribution is 2.16. The van der Waals surface area contributed by atoms with Crippen molar-refractivity contribution in [1.82, 2.24) is 10.9 Å². The molecule has 0 bridgehead atoms. The first kappa shape index (κ1) is 20.9.